The van der Waals surface area contributed by atoms with Crippen molar-refractivity contribution >= 4 is 17.6 Å². The zero-order valence-electron chi connectivity index (χ0n) is 12.6. The summed E-state index contributed by atoms with van der Waals surface area (Å²) in [5, 5.41) is 0.549. The normalized spacial score (nSPS) is 11.9. The molecule has 0 saturated heterocycles. The van der Waals surface area contributed by atoms with E-state index in [1.807, 2.05) is 0 Å². The molecule has 0 saturated carbocycles. The van der Waals surface area contributed by atoms with Crippen LogP contribution in [0, 0.1) is 0 Å². The molecular formula is C15H22ClNO4. The highest BCUT2D eigenvalue weighted by atomic mass is 35.5. The standard InChI is InChI=1S/C15H22ClNO4/c1-19-13-8-10(11(16)9-14(13)20-2)12(17)6-4-5-7-15(18)21-3/h8-9,12H,4-7,17H2,1-3H3. The molecule has 6 heteroatoms. The number of unbranched alkanes of at least 4 members (excludes halogenated alkanes) is 1. The quantitative estimate of drug-likeness (QED) is 0.589. The largest absolute Gasteiger partial charge is 0.493 e. The molecule has 1 unspecified atom stereocenters. The van der Waals surface area contributed by atoms with Gasteiger partial charge in [0.1, 0.15) is 0 Å². The van der Waals surface area contributed by atoms with Crippen LogP contribution < -0.4 is 15.2 Å². The summed E-state index contributed by atoms with van der Waals surface area (Å²) in [4.78, 5) is 11.0. The fraction of sp³-hybridized carbons (Fsp3) is 0.533. The van der Waals surface area contributed by atoms with E-state index < -0.39 is 0 Å². The van der Waals surface area contributed by atoms with Gasteiger partial charge in [0.15, 0.2) is 11.5 Å². The van der Waals surface area contributed by atoms with E-state index in [9.17, 15) is 4.79 Å². The number of methoxy groups -OCH3 is 3. The Balaban J connectivity index is 2.65. The minimum atomic E-state index is -0.213. The van der Waals surface area contributed by atoms with Crippen molar-refractivity contribution in [1.29, 1.82) is 0 Å². The highest BCUT2D eigenvalue weighted by molar-refractivity contribution is 6.31. The first-order valence-corrected chi connectivity index (χ1v) is 7.15. The molecule has 0 bridgehead atoms. The van der Waals surface area contributed by atoms with Crippen LogP contribution in [0.15, 0.2) is 12.1 Å². The molecule has 0 spiro atoms. The summed E-state index contributed by atoms with van der Waals surface area (Å²) in [6, 6.07) is 3.28. The Morgan fingerprint density at radius 1 is 1.19 bits per heavy atom. The lowest BCUT2D eigenvalue weighted by atomic mass is 10.0. The molecule has 0 fully saturated rings. The van der Waals surface area contributed by atoms with Crippen LogP contribution in [-0.4, -0.2) is 27.3 Å². The summed E-state index contributed by atoms with van der Waals surface area (Å²) in [5.74, 6) is 0.971. The van der Waals surface area contributed by atoms with Crippen LogP contribution in [0.1, 0.15) is 37.3 Å². The smallest absolute Gasteiger partial charge is 0.305 e. The van der Waals surface area contributed by atoms with Crippen molar-refractivity contribution in [2.45, 2.75) is 31.7 Å². The van der Waals surface area contributed by atoms with E-state index >= 15 is 0 Å². The van der Waals surface area contributed by atoms with Crippen LogP contribution >= 0.6 is 11.6 Å². The number of rotatable bonds is 8. The molecule has 5 nitrogen and oxygen atoms in total. The van der Waals surface area contributed by atoms with E-state index in [0.29, 0.717) is 22.9 Å². The van der Waals surface area contributed by atoms with Crippen LogP contribution in [0.4, 0.5) is 0 Å². The summed E-state index contributed by atoms with van der Waals surface area (Å²) in [6.07, 6.45) is 2.70. The third kappa shape index (κ3) is 5.10. The fourth-order valence-corrected chi connectivity index (χ4v) is 2.34. The molecule has 0 aliphatic rings. The van der Waals surface area contributed by atoms with Gasteiger partial charge in [0, 0.05) is 23.6 Å². The number of hydrogen-bond acceptors (Lipinski definition) is 5. The molecule has 0 aromatic heterocycles. The monoisotopic (exact) mass is 315 g/mol. The Kier molecular flexibility index (Phi) is 7.32. The summed E-state index contributed by atoms with van der Waals surface area (Å²) >= 11 is 6.23. The molecule has 2 N–H and O–H groups in total. The molecular weight excluding hydrogens is 294 g/mol. The van der Waals surface area contributed by atoms with Crippen LogP contribution in [0.3, 0.4) is 0 Å². The van der Waals surface area contributed by atoms with E-state index in [-0.39, 0.29) is 12.0 Å². The molecule has 118 valence electrons. The second-order valence-corrected chi connectivity index (χ2v) is 5.06. The average molecular weight is 316 g/mol. The lowest BCUT2D eigenvalue weighted by molar-refractivity contribution is -0.140. The Morgan fingerprint density at radius 3 is 2.38 bits per heavy atom. The third-order valence-electron chi connectivity index (χ3n) is 3.28. The van der Waals surface area contributed by atoms with Gasteiger partial charge in [0.25, 0.3) is 0 Å². The highest BCUT2D eigenvalue weighted by Gasteiger charge is 2.15. The van der Waals surface area contributed by atoms with E-state index in [4.69, 9.17) is 26.8 Å². The average Bonchev–Trinajstić information content (AvgIpc) is 2.50. The first-order chi connectivity index (χ1) is 10.0. The number of halogens is 1. The SMILES string of the molecule is COC(=O)CCCCC(N)c1cc(OC)c(OC)cc1Cl. The van der Waals surface area contributed by atoms with Crippen molar-refractivity contribution in [3.63, 3.8) is 0 Å². The molecule has 1 aromatic rings. The Labute approximate surface area is 130 Å². The number of hydrogen-bond donors (Lipinski definition) is 1. The maximum absolute atomic E-state index is 11.0. The molecule has 21 heavy (non-hydrogen) atoms. The Morgan fingerprint density at radius 2 is 1.81 bits per heavy atom. The van der Waals surface area contributed by atoms with Gasteiger partial charge >= 0.3 is 5.97 Å². The van der Waals surface area contributed by atoms with Crippen molar-refractivity contribution in [3.8, 4) is 11.5 Å². The van der Waals surface area contributed by atoms with Crippen molar-refractivity contribution < 1.29 is 19.0 Å². The van der Waals surface area contributed by atoms with Gasteiger partial charge in [0.05, 0.1) is 21.3 Å². The van der Waals surface area contributed by atoms with Gasteiger partial charge < -0.3 is 19.9 Å². The fourth-order valence-electron chi connectivity index (χ4n) is 2.05. The van der Waals surface area contributed by atoms with Gasteiger partial charge in [-0.25, -0.2) is 0 Å². The van der Waals surface area contributed by atoms with Crippen LogP contribution in [0.25, 0.3) is 0 Å². The summed E-state index contributed by atoms with van der Waals surface area (Å²) in [6.45, 7) is 0. The Bertz CT molecular complexity index is 479. The van der Waals surface area contributed by atoms with Crippen molar-refractivity contribution in [1.82, 2.24) is 0 Å². The molecule has 1 aromatic carbocycles. The van der Waals surface area contributed by atoms with Crippen molar-refractivity contribution in [3.05, 3.63) is 22.7 Å². The molecule has 0 aliphatic carbocycles. The summed E-state index contributed by atoms with van der Waals surface area (Å²) in [7, 11) is 4.51. The first-order valence-electron chi connectivity index (χ1n) is 6.77. The molecule has 1 atom stereocenters. The predicted octanol–water partition coefficient (Wildman–Crippen LogP) is 3.09. The maximum atomic E-state index is 11.0. The van der Waals surface area contributed by atoms with Gasteiger partial charge in [-0.05, 0) is 24.5 Å². The number of benzene rings is 1. The maximum Gasteiger partial charge on any atom is 0.305 e. The number of esters is 1. The summed E-state index contributed by atoms with van der Waals surface area (Å²) in [5.41, 5.74) is 6.98. The van der Waals surface area contributed by atoms with Gasteiger partial charge in [-0.2, -0.15) is 0 Å². The van der Waals surface area contributed by atoms with Gasteiger partial charge in [-0.15, -0.1) is 0 Å². The van der Waals surface area contributed by atoms with Crippen molar-refractivity contribution in [2.75, 3.05) is 21.3 Å². The predicted molar refractivity (Wildman–Crippen MR) is 82.0 cm³/mol. The van der Waals surface area contributed by atoms with E-state index in [0.717, 1.165) is 24.8 Å². The number of ether oxygens (including phenoxy) is 3. The van der Waals surface area contributed by atoms with Gasteiger partial charge in [-0.3, -0.25) is 4.79 Å². The lowest BCUT2D eigenvalue weighted by Crippen LogP contribution is -2.11. The van der Waals surface area contributed by atoms with Gasteiger partial charge in [-0.1, -0.05) is 18.0 Å². The van der Waals surface area contributed by atoms with Gasteiger partial charge in [0.2, 0.25) is 0 Å². The third-order valence-corrected chi connectivity index (χ3v) is 3.60. The molecule has 0 amide bonds. The van der Waals surface area contributed by atoms with Crippen LogP contribution in [-0.2, 0) is 9.53 Å². The topological polar surface area (TPSA) is 70.8 Å². The molecule has 1 rings (SSSR count). The van der Waals surface area contributed by atoms with E-state index in [2.05, 4.69) is 4.74 Å². The highest BCUT2D eigenvalue weighted by Crippen LogP contribution is 2.36. The van der Waals surface area contributed by atoms with Crippen LogP contribution in [0.5, 0.6) is 11.5 Å². The molecule has 0 heterocycles. The minimum Gasteiger partial charge on any atom is -0.493 e. The minimum absolute atomic E-state index is 0.201. The van der Waals surface area contributed by atoms with Crippen LogP contribution in [0.2, 0.25) is 5.02 Å². The van der Waals surface area contributed by atoms with E-state index in [1.54, 1.807) is 26.4 Å². The zero-order chi connectivity index (χ0) is 15.8. The molecule has 0 aliphatic heterocycles. The Hall–Kier alpha value is -1.46. The number of nitrogens with two attached hydrogens (primary N) is 1. The lowest BCUT2D eigenvalue weighted by Gasteiger charge is -2.16. The number of carbonyl (C=O) groups excluding carboxylic acids is 1. The summed E-state index contributed by atoms with van der Waals surface area (Å²) < 4.78 is 15.0. The molecule has 0 radical (unpaired) electrons. The first kappa shape index (κ1) is 17.6. The van der Waals surface area contributed by atoms with Crippen molar-refractivity contribution in [2.24, 2.45) is 5.73 Å². The second kappa shape index (κ2) is 8.74. The van der Waals surface area contributed by atoms with E-state index in [1.165, 1.54) is 7.11 Å². The zero-order valence-corrected chi connectivity index (χ0v) is 13.4. The second-order valence-electron chi connectivity index (χ2n) is 4.66. The number of carbonyl (C=O) groups is 1.